The molecule has 1 aliphatic rings. The van der Waals surface area contributed by atoms with Crippen LogP contribution in [0.4, 0.5) is 34.6 Å². The van der Waals surface area contributed by atoms with Crippen LogP contribution >= 0.6 is 0 Å². The number of hydrogen-bond donors (Lipinski definition) is 3. The van der Waals surface area contributed by atoms with E-state index in [-0.39, 0.29) is 29.1 Å². The van der Waals surface area contributed by atoms with Crippen molar-refractivity contribution in [1.82, 2.24) is 14.9 Å². The number of pyridine rings is 1. The van der Waals surface area contributed by atoms with Crippen molar-refractivity contribution in [3.63, 3.8) is 0 Å². The molecule has 41 heavy (non-hydrogen) atoms. The van der Waals surface area contributed by atoms with Crippen LogP contribution < -0.4 is 15.5 Å². The zero-order valence-corrected chi connectivity index (χ0v) is 22.4. The number of ketones is 1. The molecule has 2 aromatic carbocycles. The number of fused-ring (bicyclic) bond motifs is 1. The molecule has 12 heteroatoms. The van der Waals surface area contributed by atoms with Gasteiger partial charge in [-0.3, -0.25) is 9.59 Å². The number of piperazine rings is 1. The lowest BCUT2D eigenvalue weighted by Gasteiger charge is -2.34. The van der Waals surface area contributed by atoms with Gasteiger partial charge in [0.1, 0.15) is 11.5 Å². The highest BCUT2D eigenvalue weighted by Gasteiger charge is 2.32. The highest BCUT2D eigenvalue weighted by Crippen LogP contribution is 2.33. The molecule has 0 spiro atoms. The molecular formula is C29H28F4N6O2. The summed E-state index contributed by atoms with van der Waals surface area (Å²) in [5, 5.41) is 6.38. The Bertz CT molecular complexity index is 1610. The number of H-pyrrole nitrogens is 1. The maximum absolute atomic E-state index is 14.6. The highest BCUT2D eigenvalue weighted by molar-refractivity contribution is 6.05. The number of likely N-dealkylation sites (N-methyl/N-ethyl adjacent to an activating group) is 1. The average Bonchev–Trinajstić information content (AvgIpc) is 3.37. The summed E-state index contributed by atoms with van der Waals surface area (Å²) in [6.45, 7) is 3.95. The molecule has 1 aliphatic heterocycles. The number of halogens is 4. The summed E-state index contributed by atoms with van der Waals surface area (Å²) in [4.78, 5) is 35.8. The molecular weight excluding hydrogens is 540 g/mol. The van der Waals surface area contributed by atoms with E-state index in [0.717, 1.165) is 12.1 Å². The second-order valence-corrected chi connectivity index (χ2v) is 10.1. The number of benzene rings is 2. The molecule has 2 aromatic heterocycles. The standard InChI is InChI=1S/C29H28F4N6O2/c1-17(40)26-13-18-10-23(16-35-27(18)37-26)34-15-20-11-22(3-4-25(20)30)36-28(41)19-9-21(29(31,32)33)14-24(12-19)39-7-5-38(2)6-8-39/h3-4,9-14,16,34H,5-8,15H2,1-2H3,(H,35,37)(H,36,41). The maximum Gasteiger partial charge on any atom is 0.416 e. The summed E-state index contributed by atoms with van der Waals surface area (Å²) in [7, 11) is 1.94. The van der Waals surface area contributed by atoms with E-state index in [1.54, 1.807) is 12.1 Å². The van der Waals surface area contributed by atoms with Gasteiger partial charge in [0.2, 0.25) is 0 Å². The van der Waals surface area contributed by atoms with E-state index in [9.17, 15) is 27.2 Å². The fraction of sp³-hybridized carbons (Fsp3) is 0.276. The van der Waals surface area contributed by atoms with Gasteiger partial charge in [-0.15, -0.1) is 0 Å². The Morgan fingerprint density at radius 2 is 1.76 bits per heavy atom. The molecule has 0 aliphatic carbocycles. The van der Waals surface area contributed by atoms with Crippen molar-refractivity contribution in [1.29, 1.82) is 0 Å². The van der Waals surface area contributed by atoms with E-state index in [0.29, 0.717) is 54.3 Å². The smallest absolute Gasteiger partial charge is 0.380 e. The van der Waals surface area contributed by atoms with Crippen LogP contribution in [-0.4, -0.2) is 59.8 Å². The first-order chi connectivity index (χ1) is 19.5. The van der Waals surface area contributed by atoms with Gasteiger partial charge in [-0.2, -0.15) is 13.2 Å². The van der Waals surface area contributed by atoms with Gasteiger partial charge < -0.3 is 25.4 Å². The monoisotopic (exact) mass is 568 g/mol. The van der Waals surface area contributed by atoms with Crippen molar-refractivity contribution in [2.45, 2.75) is 19.6 Å². The van der Waals surface area contributed by atoms with Crippen molar-refractivity contribution in [3.8, 4) is 0 Å². The number of amides is 1. The first kappa shape index (κ1) is 28.1. The zero-order chi connectivity index (χ0) is 29.3. The van der Waals surface area contributed by atoms with Crippen LogP contribution in [0.2, 0.25) is 0 Å². The van der Waals surface area contributed by atoms with E-state index >= 15 is 0 Å². The normalized spacial score (nSPS) is 14.3. The van der Waals surface area contributed by atoms with Crippen LogP contribution in [0.5, 0.6) is 0 Å². The van der Waals surface area contributed by atoms with Crippen LogP contribution in [0.25, 0.3) is 11.0 Å². The first-order valence-corrected chi connectivity index (χ1v) is 13.0. The van der Waals surface area contributed by atoms with Crippen LogP contribution in [-0.2, 0) is 12.7 Å². The average molecular weight is 569 g/mol. The molecule has 1 fully saturated rings. The molecule has 3 N–H and O–H groups in total. The molecule has 1 amide bonds. The number of alkyl halides is 3. The molecule has 0 radical (unpaired) electrons. The SMILES string of the molecule is CC(=O)c1cc2cc(NCc3cc(NC(=O)c4cc(N5CCN(C)CC5)cc(C(F)(F)F)c4)ccc3F)cnc2[nH]1. The Hall–Kier alpha value is -4.45. The molecule has 214 valence electrons. The predicted octanol–water partition coefficient (Wildman–Crippen LogP) is 5.54. The predicted molar refractivity (Wildman–Crippen MR) is 149 cm³/mol. The number of nitrogens with zero attached hydrogens (tertiary/aromatic N) is 3. The Kier molecular flexibility index (Phi) is 7.68. The number of aromatic nitrogens is 2. The number of aromatic amines is 1. The quantitative estimate of drug-likeness (QED) is 0.200. The van der Waals surface area contributed by atoms with E-state index in [1.807, 2.05) is 11.9 Å². The summed E-state index contributed by atoms with van der Waals surface area (Å²) in [5.41, 5.74) is 1.28. The van der Waals surface area contributed by atoms with Gasteiger partial charge in [-0.1, -0.05) is 0 Å². The van der Waals surface area contributed by atoms with Crippen molar-refractivity contribution in [2.75, 3.05) is 48.8 Å². The van der Waals surface area contributed by atoms with Crippen LogP contribution in [0.15, 0.2) is 54.7 Å². The van der Waals surface area contributed by atoms with Gasteiger partial charge in [0.15, 0.2) is 5.78 Å². The Morgan fingerprint density at radius 3 is 2.46 bits per heavy atom. The number of carbonyl (C=O) groups excluding carboxylic acids is 2. The lowest BCUT2D eigenvalue weighted by Crippen LogP contribution is -2.44. The molecule has 4 aromatic rings. The van der Waals surface area contributed by atoms with Crippen molar-refractivity contribution in [3.05, 3.63) is 82.9 Å². The van der Waals surface area contributed by atoms with E-state index in [1.165, 1.54) is 37.4 Å². The Morgan fingerprint density at radius 1 is 1.00 bits per heavy atom. The van der Waals surface area contributed by atoms with Crippen LogP contribution in [0, 0.1) is 5.82 Å². The minimum absolute atomic E-state index is 0.0455. The molecule has 1 saturated heterocycles. The fourth-order valence-corrected chi connectivity index (χ4v) is 4.64. The highest BCUT2D eigenvalue weighted by atomic mass is 19.4. The number of rotatable bonds is 7. The third kappa shape index (κ3) is 6.49. The summed E-state index contributed by atoms with van der Waals surface area (Å²) in [6.07, 6.45) is -3.09. The third-order valence-electron chi connectivity index (χ3n) is 7.01. The molecule has 8 nitrogen and oxygen atoms in total. The second-order valence-electron chi connectivity index (χ2n) is 10.1. The van der Waals surface area contributed by atoms with Gasteiger partial charge in [-0.05, 0) is 55.6 Å². The van der Waals surface area contributed by atoms with E-state index in [2.05, 4.69) is 25.5 Å². The summed E-state index contributed by atoms with van der Waals surface area (Å²) >= 11 is 0. The molecule has 3 heterocycles. The third-order valence-corrected chi connectivity index (χ3v) is 7.01. The molecule has 0 unspecified atom stereocenters. The maximum atomic E-state index is 14.6. The molecule has 0 saturated carbocycles. The van der Waals surface area contributed by atoms with E-state index in [4.69, 9.17) is 0 Å². The first-order valence-electron chi connectivity index (χ1n) is 13.0. The van der Waals surface area contributed by atoms with Gasteiger partial charge in [0.25, 0.3) is 5.91 Å². The minimum Gasteiger partial charge on any atom is -0.380 e. The van der Waals surface area contributed by atoms with Gasteiger partial charge in [0.05, 0.1) is 23.1 Å². The van der Waals surface area contributed by atoms with Gasteiger partial charge in [0, 0.05) is 67.5 Å². The number of anilines is 3. The number of nitrogens with one attached hydrogen (secondary N) is 3. The summed E-state index contributed by atoms with van der Waals surface area (Å²) < 4.78 is 55.7. The number of Topliss-reactive ketones (excluding diaryl/α,β-unsaturated/α-hetero) is 1. The summed E-state index contributed by atoms with van der Waals surface area (Å²) in [6, 6.07) is 10.7. The Balaban J connectivity index is 1.33. The van der Waals surface area contributed by atoms with Crippen molar-refractivity contribution in [2.24, 2.45) is 0 Å². The van der Waals surface area contributed by atoms with Crippen LogP contribution in [0.3, 0.4) is 0 Å². The Labute approximate surface area is 233 Å². The van der Waals surface area contributed by atoms with Crippen LogP contribution in [0.1, 0.15) is 38.9 Å². The van der Waals surface area contributed by atoms with Crippen molar-refractivity contribution < 1.29 is 27.2 Å². The largest absolute Gasteiger partial charge is 0.416 e. The summed E-state index contributed by atoms with van der Waals surface area (Å²) in [5.74, 6) is -1.39. The fourth-order valence-electron chi connectivity index (χ4n) is 4.64. The second kappa shape index (κ2) is 11.2. The van der Waals surface area contributed by atoms with E-state index < -0.39 is 23.5 Å². The zero-order valence-electron chi connectivity index (χ0n) is 22.4. The van der Waals surface area contributed by atoms with Gasteiger partial charge >= 0.3 is 6.18 Å². The van der Waals surface area contributed by atoms with Gasteiger partial charge in [-0.25, -0.2) is 9.37 Å². The molecule has 5 rings (SSSR count). The molecule has 0 bridgehead atoms. The van der Waals surface area contributed by atoms with Crippen molar-refractivity contribution >= 4 is 39.8 Å². The number of hydrogen-bond acceptors (Lipinski definition) is 6. The molecule has 0 atom stereocenters. The number of carbonyl (C=O) groups is 2. The topological polar surface area (TPSA) is 93.4 Å². The lowest BCUT2D eigenvalue weighted by molar-refractivity contribution is -0.137. The lowest BCUT2D eigenvalue weighted by atomic mass is 10.1. The minimum atomic E-state index is -4.63.